The number of ketones is 1. The van der Waals surface area contributed by atoms with E-state index in [1.807, 2.05) is 48.5 Å². The molecule has 6 rings (SSSR count). The van der Waals surface area contributed by atoms with E-state index in [9.17, 15) is 9.59 Å². The second-order valence-corrected chi connectivity index (χ2v) is 12.9. The van der Waals surface area contributed by atoms with Crippen molar-refractivity contribution in [2.75, 3.05) is 9.80 Å². The Morgan fingerprint density at radius 2 is 0.922 bits per heavy atom. The Bertz CT molecular complexity index is 2020. The molecule has 256 valence electrons. The fourth-order valence-electron chi connectivity index (χ4n) is 6.29. The fraction of sp³-hybridized carbons (Fsp3) is 0.174. The second-order valence-electron chi connectivity index (χ2n) is 12.9. The number of Topliss-reactive ketones (excluding diaryl/α,β-unsaturated/α-hetero) is 1. The number of esters is 1. The Morgan fingerprint density at radius 1 is 0.471 bits per heavy atom. The molecule has 0 unspecified atom stereocenters. The smallest absolute Gasteiger partial charge is 0.311 e. The van der Waals surface area contributed by atoms with Gasteiger partial charge in [0.1, 0.15) is 11.5 Å². The zero-order chi connectivity index (χ0) is 35.4. The normalized spacial score (nSPS) is 10.8. The SMILES string of the molecule is CC(=O)CCCCCCC(=O)Oc1cccc(N(c2ccccc2)c2ccc(-c3ccc(N(c4ccccc4)c4cccc(C)c4)cc3)cc2)c1. The molecule has 5 heteroatoms. The molecule has 0 aliphatic heterocycles. The lowest BCUT2D eigenvalue weighted by atomic mass is 10.0. The average Bonchev–Trinajstić information content (AvgIpc) is 3.15. The number of para-hydroxylation sites is 2. The first kappa shape index (κ1) is 34.9. The number of nitrogens with zero attached hydrogens (tertiary/aromatic N) is 2. The molecule has 0 radical (unpaired) electrons. The van der Waals surface area contributed by atoms with E-state index in [1.54, 1.807) is 6.92 Å². The summed E-state index contributed by atoms with van der Waals surface area (Å²) in [5, 5.41) is 0. The number of aryl methyl sites for hydroxylation is 1. The van der Waals surface area contributed by atoms with E-state index >= 15 is 0 Å². The Balaban J connectivity index is 1.20. The number of hydrogen-bond acceptors (Lipinski definition) is 5. The topological polar surface area (TPSA) is 49.9 Å². The molecule has 6 aromatic rings. The number of anilines is 6. The minimum atomic E-state index is -0.244. The fourth-order valence-corrected chi connectivity index (χ4v) is 6.29. The van der Waals surface area contributed by atoms with Crippen LogP contribution in [0.5, 0.6) is 5.75 Å². The summed E-state index contributed by atoms with van der Waals surface area (Å²) in [5.74, 6) is 0.485. The van der Waals surface area contributed by atoms with Crippen molar-refractivity contribution in [1.82, 2.24) is 0 Å². The number of benzene rings is 6. The van der Waals surface area contributed by atoms with E-state index < -0.39 is 0 Å². The second kappa shape index (κ2) is 17.1. The van der Waals surface area contributed by atoms with Gasteiger partial charge in [-0.2, -0.15) is 0 Å². The molecule has 0 aliphatic carbocycles. The van der Waals surface area contributed by atoms with Gasteiger partial charge in [-0.05, 0) is 116 Å². The van der Waals surface area contributed by atoms with E-state index in [1.165, 1.54) is 5.56 Å². The van der Waals surface area contributed by atoms with Crippen LogP contribution in [-0.2, 0) is 9.59 Å². The van der Waals surface area contributed by atoms with Crippen molar-refractivity contribution in [2.45, 2.75) is 52.4 Å². The van der Waals surface area contributed by atoms with E-state index in [0.29, 0.717) is 18.6 Å². The lowest BCUT2D eigenvalue weighted by molar-refractivity contribution is -0.134. The highest BCUT2D eigenvalue weighted by atomic mass is 16.5. The van der Waals surface area contributed by atoms with Crippen LogP contribution in [0, 0.1) is 6.92 Å². The summed E-state index contributed by atoms with van der Waals surface area (Å²) < 4.78 is 5.76. The molecule has 0 fully saturated rings. The lowest BCUT2D eigenvalue weighted by Gasteiger charge is -2.26. The third-order valence-corrected chi connectivity index (χ3v) is 8.84. The predicted molar refractivity (Wildman–Crippen MR) is 210 cm³/mol. The third kappa shape index (κ3) is 9.40. The first-order valence-electron chi connectivity index (χ1n) is 17.7. The molecule has 0 heterocycles. The van der Waals surface area contributed by atoms with Crippen molar-refractivity contribution < 1.29 is 14.3 Å². The highest BCUT2D eigenvalue weighted by Gasteiger charge is 2.16. The van der Waals surface area contributed by atoms with Gasteiger partial charge in [0.15, 0.2) is 0 Å². The summed E-state index contributed by atoms with van der Waals surface area (Å²) in [6, 6.07) is 54.2. The van der Waals surface area contributed by atoms with Crippen molar-refractivity contribution in [3.63, 3.8) is 0 Å². The summed E-state index contributed by atoms with van der Waals surface area (Å²) >= 11 is 0. The van der Waals surface area contributed by atoms with Crippen LogP contribution in [0.3, 0.4) is 0 Å². The van der Waals surface area contributed by atoms with Crippen molar-refractivity contribution >= 4 is 45.9 Å². The molecule has 0 amide bonds. The van der Waals surface area contributed by atoms with E-state index in [0.717, 1.165) is 70.9 Å². The average molecular weight is 673 g/mol. The number of unbranched alkanes of at least 4 members (excludes halogenated alkanes) is 3. The molecule has 0 saturated heterocycles. The molecule has 6 aromatic carbocycles. The minimum Gasteiger partial charge on any atom is -0.426 e. The summed E-state index contributed by atoms with van der Waals surface area (Å²) in [7, 11) is 0. The largest absolute Gasteiger partial charge is 0.426 e. The van der Waals surface area contributed by atoms with Crippen molar-refractivity contribution in [3.05, 3.63) is 163 Å². The van der Waals surface area contributed by atoms with Gasteiger partial charge in [0.25, 0.3) is 0 Å². The van der Waals surface area contributed by atoms with Crippen molar-refractivity contribution in [2.24, 2.45) is 0 Å². The molecular weight excluding hydrogens is 629 g/mol. The maximum atomic E-state index is 12.7. The van der Waals surface area contributed by atoms with E-state index in [2.05, 4.69) is 126 Å². The van der Waals surface area contributed by atoms with Gasteiger partial charge >= 0.3 is 5.97 Å². The van der Waals surface area contributed by atoms with Gasteiger partial charge in [-0.3, -0.25) is 4.79 Å². The standard InChI is InChI=1S/C46H44N2O3/c1-35-15-13-21-43(33-35)47(39-17-8-5-9-18-39)41-29-25-37(26-30-41)38-27-31-42(32-28-38)48(40-19-10-6-11-20-40)44-22-14-23-45(34-44)51-46(50)24-12-4-3-7-16-36(2)49/h5-6,8-11,13-15,17-23,25-34H,3-4,7,12,16,24H2,1-2H3. The van der Waals surface area contributed by atoms with Crippen LogP contribution >= 0.6 is 0 Å². The number of hydrogen-bond donors (Lipinski definition) is 0. The molecule has 0 saturated carbocycles. The quantitative estimate of drug-likeness (QED) is 0.0617. The first-order valence-corrected chi connectivity index (χ1v) is 17.7. The Morgan fingerprint density at radius 3 is 1.43 bits per heavy atom. The van der Waals surface area contributed by atoms with Gasteiger partial charge in [0.05, 0.1) is 0 Å². The van der Waals surface area contributed by atoms with Gasteiger partial charge < -0.3 is 19.3 Å². The molecule has 0 aromatic heterocycles. The third-order valence-electron chi connectivity index (χ3n) is 8.84. The molecule has 0 spiro atoms. The monoisotopic (exact) mass is 672 g/mol. The van der Waals surface area contributed by atoms with E-state index in [-0.39, 0.29) is 11.8 Å². The highest BCUT2D eigenvalue weighted by molar-refractivity contribution is 5.81. The maximum Gasteiger partial charge on any atom is 0.311 e. The summed E-state index contributed by atoms with van der Waals surface area (Å²) in [6.45, 7) is 3.74. The number of rotatable bonds is 15. The van der Waals surface area contributed by atoms with Crippen molar-refractivity contribution in [1.29, 1.82) is 0 Å². The zero-order valence-corrected chi connectivity index (χ0v) is 29.4. The molecule has 0 bridgehead atoms. The van der Waals surface area contributed by atoms with Crippen LogP contribution in [0.2, 0.25) is 0 Å². The Kier molecular flexibility index (Phi) is 11.7. The van der Waals surface area contributed by atoms with Gasteiger partial charge in [-0.1, -0.05) is 91.7 Å². The van der Waals surface area contributed by atoms with Crippen LogP contribution < -0.4 is 14.5 Å². The molecular formula is C46H44N2O3. The van der Waals surface area contributed by atoms with Crippen molar-refractivity contribution in [3.8, 4) is 16.9 Å². The summed E-state index contributed by atoms with van der Waals surface area (Å²) in [6.07, 6.45) is 4.43. The highest BCUT2D eigenvalue weighted by Crippen LogP contribution is 2.38. The summed E-state index contributed by atoms with van der Waals surface area (Å²) in [5.41, 5.74) is 9.66. The van der Waals surface area contributed by atoms with Gasteiger partial charge in [-0.15, -0.1) is 0 Å². The minimum absolute atomic E-state index is 0.213. The number of carbonyl (C=O) groups excluding carboxylic acids is 2. The number of ether oxygens (including phenoxy) is 1. The van der Waals surface area contributed by atoms with E-state index in [4.69, 9.17) is 4.74 Å². The molecule has 0 N–H and O–H groups in total. The van der Waals surface area contributed by atoms with Crippen LogP contribution in [0.1, 0.15) is 51.0 Å². The van der Waals surface area contributed by atoms with Crippen LogP contribution in [0.25, 0.3) is 11.1 Å². The van der Waals surface area contributed by atoms with Gasteiger partial charge in [0, 0.05) is 53.0 Å². The van der Waals surface area contributed by atoms with Gasteiger partial charge in [0.2, 0.25) is 0 Å². The summed E-state index contributed by atoms with van der Waals surface area (Å²) in [4.78, 5) is 28.3. The molecule has 0 atom stereocenters. The lowest BCUT2D eigenvalue weighted by Crippen LogP contribution is -2.11. The Hall–Kier alpha value is -5.94. The van der Waals surface area contributed by atoms with Crippen LogP contribution in [0.15, 0.2) is 158 Å². The van der Waals surface area contributed by atoms with Crippen LogP contribution in [0.4, 0.5) is 34.1 Å². The van der Waals surface area contributed by atoms with Crippen LogP contribution in [-0.4, -0.2) is 11.8 Å². The molecule has 0 aliphatic rings. The maximum absolute atomic E-state index is 12.7. The number of carbonyl (C=O) groups is 2. The first-order chi connectivity index (χ1) is 24.9. The molecule has 51 heavy (non-hydrogen) atoms. The van der Waals surface area contributed by atoms with Gasteiger partial charge in [-0.25, -0.2) is 0 Å². The Labute approximate surface area is 301 Å². The zero-order valence-electron chi connectivity index (χ0n) is 29.4. The predicted octanol–water partition coefficient (Wildman–Crippen LogP) is 12.4. The molecule has 5 nitrogen and oxygen atoms in total.